The molecule has 7 nitrogen and oxygen atoms in total. The minimum atomic E-state index is -1.11. The van der Waals surface area contributed by atoms with E-state index < -0.39 is 24.5 Å². The number of esters is 1. The Balaban J connectivity index is 0.00000676. The molecule has 1 aromatic carbocycles. The van der Waals surface area contributed by atoms with Gasteiger partial charge in [-0.3, -0.25) is 9.59 Å². The molecule has 0 aromatic heterocycles. The maximum Gasteiger partial charge on any atom is 0.330 e. The number of hydrogen-bond donors (Lipinski definition) is 2. The van der Waals surface area contributed by atoms with Gasteiger partial charge in [0.1, 0.15) is 0 Å². The monoisotopic (exact) mass is 394 g/mol. The van der Waals surface area contributed by atoms with Gasteiger partial charge in [-0.1, -0.05) is 17.9 Å². The summed E-state index contributed by atoms with van der Waals surface area (Å²) in [7, 11) is 4.61. The fraction of sp³-hybridized carbons (Fsp3) is 0.421. The summed E-state index contributed by atoms with van der Waals surface area (Å²) in [6, 6.07) is 5.51. The molecule has 1 atom stereocenters. The Morgan fingerprint density at radius 3 is 2.59 bits per heavy atom. The second-order valence-electron chi connectivity index (χ2n) is 5.76. The molecule has 0 unspecified atom stereocenters. The van der Waals surface area contributed by atoms with Crippen molar-refractivity contribution in [3.63, 3.8) is 0 Å². The summed E-state index contributed by atoms with van der Waals surface area (Å²) >= 11 is 0. The predicted octanol–water partition coefficient (Wildman–Crippen LogP) is 0.673. The lowest BCUT2D eigenvalue weighted by Gasteiger charge is -2.13. The number of aliphatic hydroxyl groups is 1. The number of carbonyl (C=O) groups is 3. The lowest BCUT2D eigenvalue weighted by Crippen LogP contribution is -2.44. The van der Waals surface area contributed by atoms with Crippen LogP contribution in [-0.2, 0) is 14.3 Å². The van der Waals surface area contributed by atoms with Gasteiger partial charge in [-0.25, -0.2) is 4.79 Å². The first-order valence-corrected chi connectivity index (χ1v) is 8.17. The van der Waals surface area contributed by atoms with Gasteiger partial charge in [0.25, 0.3) is 5.91 Å². The molecule has 0 spiro atoms. The summed E-state index contributed by atoms with van der Waals surface area (Å²) in [5.74, 6) is 4.76. The van der Waals surface area contributed by atoms with E-state index in [-0.39, 0.29) is 19.4 Å². The first-order valence-electron chi connectivity index (χ1n) is 8.17. The number of unbranched alkanes of at least 4 members (excludes halogenated alkanes) is 1. The molecule has 0 saturated carbocycles. The van der Waals surface area contributed by atoms with E-state index in [1.165, 1.54) is 7.11 Å². The molecular formula is C19H26N2O5S. The molecule has 0 aliphatic heterocycles. The maximum absolute atomic E-state index is 12.2. The number of methoxy groups -OCH3 is 1. The van der Waals surface area contributed by atoms with Crippen LogP contribution in [0.5, 0.6) is 0 Å². The lowest BCUT2D eigenvalue weighted by atomic mass is 10.1. The molecular weight excluding hydrogens is 368 g/mol. The summed E-state index contributed by atoms with van der Waals surface area (Å²) in [5, 5.41) is 11.6. The topological polar surface area (TPSA) is 95.9 Å². The lowest BCUT2D eigenvalue weighted by molar-refractivity contribution is -0.143. The first-order chi connectivity index (χ1) is 12.4. The second kappa shape index (κ2) is 12.8. The Labute approximate surface area is 166 Å². The Morgan fingerprint density at radius 1 is 1.30 bits per heavy atom. The SMILES string of the molecule is COC(=O)[C@H](CO)NC(=O)c1cccc(C#CCCCC(=O)N(C)C)c1.S. The van der Waals surface area contributed by atoms with Crippen molar-refractivity contribution in [2.45, 2.75) is 25.3 Å². The minimum Gasteiger partial charge on any atom is -0.467 e. The second-order valence-corrected chi connectivity index (χ2v) is 5.76. The predicted molar refractivity (Wildman–Crippen MR) is 107 cm³/mol. The molecule has 27 heavy (non-hydrogen) atoms. The number of nitrogens with zero attached hydrogens (tertiary/aromatic N) is 1. The number of amides is 2. The molecule has 0 radical (unpaired) electrons. The van der Waals surface area contributed by atoms with E-state index in [9.17, 15) is 14.4 Å². The van der Waals surface area contributed by atoms with Crippen molar-refractivity contribution < 1.29 is 24.2 Å². The van der Waals surface area contributed by atoms with Crippen LogP contribution >= 0.6 is 13.5 Å². The van der Waals surface area contributed by atoms with Crippen LogP contribution in [0.15, 0.2) is 24.3 Å². The van der Waals surface area contributed by atoms with Gasteiger partial charge in [0.15, 0.2) is 6.04 Å². The van der Waals surface area contributed by atoms with Crippen molar-refractivity contribution in [3.8, 4) is 11.8 Å². The third-order valence-electron chi connectivity index (χ3n) is 3.52. The molecule has 8 heteroatoms. The molecule has 0 fully saturated rings. The Kier molecular flexibility index (Phi) is 11.6. The molecule has 2 amide bonds. The average molecular weight is 394 g/mol. The summed E-state index contributed by atoms with van der Waals surface area (Å²) in [4.78, 5) is 36.6. The number of hydrogen-bond acceptors (Lipinski definition) is 5. The normalized spacial score (nSPS) is 10.5. The number of rotatable bonds is 7. The van der Waals surface area contributed by atoms with Crippen LogP contribution in [0.1, 0.15) is 35.2 Å². The van der Waals surface area contributed by atoms with Crippen LogP contribution in [0.3, 0.4) is 0 Å². The Morgan fingerprint density at radius 2 is 2.00 bits per heavy atom. The van der Waals surface area contributed by atoms with Crippen LogP contribution in [0.25, 0.3) is 0 Å². The molecule has 148 valence electrons. The fourth-order valence-electron chi connectivity index (χ4n) is 2.02. The first kappa shape index (κ1) is 24.5. The van der Waals surface area contributed by atoms with Gasteiger partial charge in [0.05, 0.1) is 13.7 Å². The zero-order chi connectivity index (χ0) is 19.5. The van der Waals surface area contributed by atoms with Crippen molar-refractivity contribution in [2.75, 3.05) is 27.8 Å². The summed E-state index contributed by atoms with van der Waals surface area (Å²) in [6.07, 6.45) is 1.69. The van der Waals surface area contributed by atoms with Gasteiger partial charge in [-0.05, 0) is 24.6 Å². The van der Waals surface area contributed by atoms with E-state index in [1.807, 2.05) is 0 Å². The zero-order valence-corrected chi connectivity index (χ0v) is 16.7. The molecule has 1 aromatic rings. The van der Waals surface area contributed by atoms with Gasteiger partial charge >= 0.3 is 5.97 Å². The van der Waals surface area contributed by atoms with E-state index in [0.29, 0.717) is 30.4 Å². The van der Waals surface area contributed by atoms with E-state index in [2.05, 4.69) is 21.9 Å². The highest BCUT2D eigenvalue weighted by molar-refractivity contribution is 7.59. The number of nitrogens with one attached hydrogen (secondary N) is 1. The van der Waals surface area contributed by atoms with E-state index in [0.717, 1.165) is 0 Å². The van der Waals surface area contributed by atoms with Crippen LogP contribution in [-0.4, -0.2) is 61.6 Å². The van der Waals surface area contributed by atoms with Gasteiger partial charge in [-0.15, -0.1) is 0 Å². The van der Waals surface area contributed by atoms with Crippen LogP contribution in [0.4, 0.5) is 0 Å². The number of benzene rings is 1. The van der Waals surface area contributed by atoms with E-state index in [4.69, 9.17) is 5.11 Å². The van der Waals surface area contributed by atoms with E-state index >= 15 is 0 Å². The summed E-state index contributed by atoms with van der Waals surface area (Å²) in [6.45, 7) is -0.552. The van der Waals surface area contributed by atoms with E-state index in [1.54, 1.807) is 43.3 Å². The minimum absolute atomic E-state index is 0. The van der Waals surface area contributed by atoms with Crippen LogP contribution in [0.2, 0.25) is 0 Å². The largest absolute Gasteiger partial charge is 0.467 e. The number of ether oxygens (including phenoxy) is 1. The van der Waals surface area contributed by atoms with Gasteiger partial charge in [0.2, 0.25) is 5.91 Å². The molecule has 0 bridgehead atoms. The van der Waals surface area contributed by atoms with Crippen molar-refractivity contribution in [3.05, 3.63) is 35.4 Å². The van der Waals surface area contributed by atoms with Crippen molar-refractivity contribution in [1.82, 2.24) is 10.2 Å². The van der Waals surface area contributed by atoms with Gasteiger partial charge in [-0.2, -0.15) is 13.5 Å². The summed E-state index contributed by atoms with van der Waals surface area (Å²) < 4.78 is 4.51. The maximum atomic E-state index is 12.2. The summed E-state index contributed by atoms with van der Waals surface area (Å²) in [5.41, 5.74) is 0.970. The molecule has 2 N–H and O–H groups in total. The number of aliphatic hydroxyl groups excluding tert-OH is 1. The molecule has 0 saturated heterocycles. The molecule has 0 heterocycles. The zero-order valence-electron chi connectivity index (χ0n) is 15.7. The third-order valence-corrected chi connectivity index (χ3v) is 3.52. The fourth-order valence-corrected chi connectivity index (χ4v) is 2.02. The van der Waals surface area contributed by atoms with Gasteiger partial charge < -0.3 is 20.1 Å². The third kappa shape index (κ3) is 8.62. The highest BCUT2D eigenvalue weighted by Gasteiger charge is 2.21. The molecule has 0 aliphatic carbocycles. The smallest absolute Gasteiger partial charge is 0.330 e. The Hall–Kier alpha value is -2.50. The average Bonchev–Trinajstić information content (AvgIpc) is 2.64. The highest BCUT2D eigenvalue weighted by Crippen LogP contribution is 2.05. The molecule has 1 rings (SSSR count). The van der Waals surface area contributed by atoms with Crippen molar-refractivity contribution >= 4 is 31.3 Å². The van der Waals surface area contributed by atoms with Crippen LogP contribution < -0.4 is 5.32 Å². The highest BCUT2D eigenvalue weighted by atomic mass is 32.1. The standard InChI is InChI=1S/C19H24N2O5.H2S/c1-21(2)17(23)11-6-4-5-8-14-9-7-10-15(12-14)18(24)20-16(13-22)19(25)26-3;/h7,9-10,12,16,22H,4,6,11,13H2,1-3H3,(H,20,24);1H2/t16-;/m0./s1. The Bertz CT molecular complexity index is 710. The van der Waals surface area contributed by atoms with Crippen molar-refractivity contribution in [1.29, 1.82) is 0 Å². The molecule has 0 aliphatic rings. The van der Waals surface area contributed by atoms with Crippen molar-refractivity contribution in [2.24, 2.45) is 0 Å². The quantitative estimate of drug-likeness (QED) is 0.403. The van der Waals surface area contributed by atoms with Gasteiger partial charge in [0, 0.05) is 38.1 Å². The van der Waals surface area contributed by atoms with Crippen LogP contribution in [0, 0.1) is 11.8 Å². The number of carbonyl (C=O) groups excluding carboxylic acids is 3.